The van der Waals surface area contributed by atoms with Gasteiger partial charge in [-0.2, -0.15) is 0 Å². The van der Waals surface area contributed by atoms with Gasteiger partial charge in [-0.25, -0.2) is 4.98 Å². The number of benzene rings is 1. The quantitative estimate of drug-likeness (QED) is 0.700. The number of nitrogens with two attached hydrogens (primary N) is 1. The van der Waals surface area contributed by atoms with E-state index in [1.807, 2.05) is 24.3 Å². The Balaban J connectivity index is 1.81. The predicted octanol–water partition coefficient (Wildman–Crippen LogP) is 3.10. The molecule has 7 heteroatoms. The summed E-state index contributed by atoms with van der Waals surface area (Å²) in [6.45, 7) is 0. The van der Waals surface area contributed by atoms with E-state index in [9.17, 15) is 4.79 Å². The molecule has 0 unspecified atom stereocenters. The molecule has 3 rings (SSSR count). The molecule has 0 radical (unpaired) electrons. The highest BCUT2D eigenvalue weighted by atomic mass is 32.1. The maximum absolute atomic E-state index is 12.4. The number of pyridine rings is 1. The minimum atomic E-state index is -0.162. The van der Waals surface area contributed by atoms with Gasteiger partial charge < -0.3 is 15.8 Å². The summed E-state index contributed by atoms with van der Waals surface area (Å²) >= 11 is 1.22. The lowest BCUT2D eigenvalue weighted by molar-refractivity contribution is 0.104. The minimum absolute atomic E-state index is 0.162. The first-order valence-corrected chi connectivity index (χ1v) is 7.61. The molecule has 0 aliphatic rings. The van der Waals surface area contributed by atoms with Gasteiger partial charge in [-0.1, -0.05) is 11.3 Å². The van der Waals surface area contributed by atoms with Crippen molar-refractivity contribution < 1.29 is 9.53 Å². The van der Waals surface area contributed by atoms with Crippen molar-refractivity contribution in [3.05, 3.63) is 59.2 Å². The number of thiazole rings is 1. The van der Waals surface area contributed by atoms with Gasteiger partial charge in [-0.3, -0.25) is 9.78 Å². The number of nitrogen functional groups attached to an aromatic ring is 1. The van der Waals surface area contributed by atoms with E-state index in [0.29, 0.717) is 15.6 Å². The van der Waals surface area contributed by atoms with Gasteiger partial charge in [0.05, 0.1) is 7.11 Å². The predicted molar refractivity (Wildman–Crippen MR) is 90.5 cm³/mol. The molecule has 23 heavy (non-hydrogen) atoms. The summed E-state index contributed by atoms with van der Waals surface area (Å²) in [4.78, 5) is 21.0. The van der Waals surface area contributed by atoms with Gasteiger partial charge in [0.1, 0.15) is 16.4 Å². The molecule has 3 N–H and O–H groups in total. The van der Waals surface area contributed by atoms with Crippen LogP contribution in [-0.2, 0) is 0 Å². The van der Waals surface area contributed by atoms with Crippen LogP contribution in [0.3, 0.4) is 0 Å². The number of nitrogens with zero attached hydrogens (tertiary/aromatic N) is 2. The van der Waals surface area contributed by atoms with Crippen molar-refractivity contribution in [1.29, 1.82) is 0 Å². The largest absolute Gasteiger partial charge is 0.497 e. The number of hydrogen-bond donors (Lipinski definition) is 2. The molecule has 0 saturated carbocycles. The maximum atomic E-state index is 12.4. The smallest absolute Gasteiger partial charge is 0.206 e. The van der Waals surface area contributed by atoms with Crippen LogP contribution in [0.15, 0.2) is 48.8 Å². The van der Waals surface area contributed by atoms with Crippen LogP contribution in [0.25, 0.3) is 0 Å². The third kappa shape index (κ3) is 3.29. The van der Waals surface area contributed by atoms with E-state index < -0.39 is 0 Å². The van der Waals surface area contributed by atoms with Gasteiger partial charge in [-0.15, -0.1) is 0 Å². The van der Waals surface area contributed by atoms with Crippen LogP contribution in [0.1, 0.15) is 15.2 Å². The zero-order valence-corrected chi connectivity index (χ0v) is 13.1. The Bertz CT molecular complexity index is 816. The fourth-order valence-corrected chi connectivity index (χ4v) is 2.85. The molecule has 0 amide bonds. The Kier molecular flexibility index (Phi) is 4.20. The molecular formula is C16H14N4O2S. The monoisotopic (exact) mass is 326 g/mol. The zero-order chi connectivity index (χ0) is 16.2. The number of carbonyl (C=O) groups is 1. The van der Waals surface area contributed by atoms with E-state index in [1.54, 1.807) is 31.6 Å². The first kappa shape index (κ1) is 15.0. The number of aromatic nitrogens is 2. The molecule has 0 saturated heterocycles. The molecule has 116 valence electrons. The molecule has 0 aliphatic heterocycles. The fraction of sp³-hybridized carbons (Fsp3) is 0.0625. The van der Waals surface area contributed by atoms with Crippen molar-refractivity contribution >= 4 is 33.8 Å². The first-order valence-electron chi connectivity index (χ1n) is 6.79. The van der Waals surface area contributed by atoms with Crippen molar-refractivity contribution in [3.8, 4) is 5.75 Å². The normalized spacial score (nSPS) is 10.3. The lowest BCUT2D eigenvalue weighted by Gasteiger charge is -2.03. The number of nitrogens with one attached hydrogen (secondary N) is 1. The van der Waals surface area contributed by atoms with E-state index in [1.165, 1.54) is 11.3 Å². The molecule has 0 bridgehead atoms. The van der Waals surface area contributed by atoms with E-state index >= 15 is 0 Å². The number of ketones is 1. The number of methoxy groups -OCH3 is 1. The molecule has 2 heterocycles. The summed E-state index contributed by atoms with van der Waals surface area (Å²) in [5.41, 5.74) is 7.25. The molecule has 6 nitrogen and oxygen atoms in total. The third-order valence-corrected chi connectivity index (χ3v) is 4.13. The Morgan fingerprint density at radius 2 is 1.87 bits per heavy atom. The van der Waals surface area contributed by atoms with Crippen LogP contribution in [0.2, 0.25) is 0 Å². The van der Waals surface area contributed by atoms with Gasteiger partial charge >= 0.3 is 0 Å². The van der Waals surface area contributed by atoms with Crippen LogP contribution >= 0.6 is 11.3 Å². The van der Waals surface area contributed by atoms with Crippen LogP contribution in [0, 0.1) is 0 Å². The van der Waals surface area contributed by atoms with Gasteiger partial charge in [0.2, 0.25) is 5.78 Å². The van der Waals surface area contributed by atoms with Crippen molar-refractivity contribution in [1.82, 2.24) is 9.97 Å². The molecule has 0 atom stereocenters. The Labute approximate surface area is 137 Å². The molecule has 0 aliphatic carbocycles. The topological polar surface area (TPSA) is 90.1 Å². The van der Waals surface area contributed by atoms with Crippen LogP contribution in [-0.4, -0.2) is 22.9 Å². The van der Waals surface area contributed by atoms with Gasteiger partial charge in [0.25, 0.3) is 0 Å². The summed E-state index contributed by atoms with van der Waals surface area (Å²) in [6, 6.07) is 10.7. The SMILES string of the molecule is COc1ccc(Nc2nc(N)c(C(=O)c3ccncc3)s2)cc1. The van der Waals surface area contributed by atoms with Crippen molar-refractivity contribution in [2.45, 2.75) is 0 Å². The fourth-order valence-electron chi connectivity index (χ4n) is 1.98. The van der Waals surface area contributed by atoms with E-state index in [0.717, 1.165) is 11.4 Å². The van der Waals surface area contributed by atoms with E-state index in [4.69, 9.17) is 10.5 Å². The molecular weight excluding hydrogens is 312 g/mol. The average molecular weight is 326 g/mol. The highest BCUT2D eigenvalue weighted by Gasteiger charge is 2.17. The number of hydrogen-bond acceptors (Lipinski definition) is 7. The molecule has 0 fully saturated rings. The van der Waals surface area contributed by atoms with Crippen LogP contribution < -0.4 is 15.8 Å². The molecule has 1 aromatic carbocycles. The second kappa shape index (κ2) is 6.45. The Morgan fingerprint density at radius 1 is 1.17 bits per heavy atom. The summed E-state index contributed by atoms with van der Waals surface area (Å²) < 4.78 is 5.11. The second-order valence-corrected chi connectivity index (χ2v) is 5.65. The third-order valence-electron chi connectivity index (χ3n) is 3.14. The van der Waals surface area contributed by atoms with Gasteiger partial charge in [0, 0.05) is 23.6 Å². The van der Waals surface area contributed by atoms with E-state index in [2.05, 4.69) is 15.3 Å². The Hall–Kier alpha value is -2.93. The summed E-state index contributed by atoms with van der Waals surface area (Å²) in [5, 5.41) is 3.69. The zero-order valence-electron chi connectivity index (χ0n) is 12.3. The highest BCUT2D eigenvalue weighted by Crippen LogP contribution is 2.30. The van der Waals surface area contributed by atoms with Crippen molar-refractivity contribution in [2.24, 2.45) is 0 Å². The van der Waals surface area contributed by atoms with Gasteiger partial charge in [-0.05, 0) is 36.4 Å². The van der Waals surface area contributed by atoms with Crippen LogP contribution in [0.4, 0.5) is 16.6 Å². The lowest BCUT2D eigenvalue weighted by atomic mass is 10.1. The molecule has 2 aromatic heterocycles. The molecule has 3 aromatic rings. The second-order valence-electron chi connectivity index (χ2n) is 4.65. The summed E-state index contributed by atoms with van der Waals surface area (Å²) in [6.07, 6.45) is 3.14. The average Bonchev–Trinajstić information content (AvgIpc) is 2.96. The van der Waals surface area contributed by atoms with E-state index in [-0.39, 0.29) is 11.6 Å². The number of ether oxygens (including phenoxy) is 1. The number of rotatable bonds is 5. The van der Waals surface area contributed by atoms with Crippen molar-refractivity contribution in [3.63, 3.8) is 0 Å². The highest BCUT2D eigenvalue weighted by molar-refractivity contribution is 7.18. The maximum Gasteiger partial charge on any atom is 0.206 e. The standard InChI is InChI=1S/C16H14N4O2S/c1-22-12-4-2-11(3-5-12)19-16-20-15(17)14(23-16)13(21)10-6-8-18-9-7-10/h2-9H,17H2,1H3,(H,19,20). The van der Waals surface area contributed by atoms with Crippen molar-refractivity contribution in [2.75, 3.05) is 18.2 Å². The number of carbonyl (C=O) groups excluding carboxylic acids is 1. The summed E-state index contributed by atoms with van der Waals surface area (Å²) in [7, 11) is 1.61. The van der Waals surface area contributed by atoms with Gasteiger partial charge in [0.15, 0.2) is 5.13 Å². The first-order chi connectivity index (χ1) is 11.2. The van der Waals surface area contributed by atoms with Crippen LogP contribution in [0.5, 0.6) is 5.75 Å². The number of anilines is 3. The molecule has 0 spiro atoms. The Morgan fingerprint density at radius 3 is 2.52 bits per heavy atom. The summed E-state index contributed by atoms with van der Waals surface area (Å²) in [5.74, 6) is 0.820. The lowest BCUT2D eigenvalue weighted by Crippen LogP contribution is -2.02. The minimum Gasteiger partial charge on any atom is -0.497 e.